The number of hydrogen-bond acceptors (Lipinski definition) is 4. The summed E-state index contributed by atoms with van der Waals surface area (Å²) in [5, 5.41) is 9.47. The number of sulfone groups is 1. The van der Waals surface area contributed by atoms with E-state index in [4.69, 9.17) is 0 Å². The van der Waals surface area contributed by atoms with E-state index in [9.17, 15) is 13.2 Å². The quantitative estimate of drug-likeness (QED) is 0.905. The second kappa shape index (κ2) is 5.69. The van der Waals surface area contributed by atoms with Crippen LogP contribution >= 0.6 is 0 Å². The van der Waals surface area contributed by atoms with E-state index in [0.717, 1.165) is 11.9 Å². The van der Waals surface area contributed by atoms with Gasteiger partial charge >= 0.3 is 0 Å². The van der Waals surface area contributed by atoms with Crippen LogP contribution in [0.15, 0.2) is 35.2 Å². The van der Waals surface area contributed by atoms with Gasteiger partial charge in [0.2, 0.25) is 0 Å². The maximum absolute atomic E-state index is 12.1. The molecule has 0 fully saturated rings. The van der Waals surface area contributed by atoms with Crippen molar-refractivity contribution in [3.63, 3.8) is 0 Å². The van der Waals surface area contributed by atoms with Crippen LogP contribution in [0.2, 0.25) is 0 Å². The molecule has 0 saturated carbocycles. The van der Waals surface area contributed by atoms with Gasteiger partial charge in [-0.05, 0) is 24.1 Å². The summed E-state index contributed by atoms with van der Waals surface area (Å²) in [6, 6.07) is 7.65. The summed E-state index contributed by atoms with van der Waals surface area (Å²) in [6.45, 7) is 4.02. The first-order valence-electron chi connectivity index (χ1n) is 6.44. The van der Waals surface area contributed by atoms with Crippen molar-refractivity contribution >= 4 is 21.6 Å². The van der Waals surface area contributed by atoms with Gasteiger partial charge in [-0.2, -0.15) is 5.10 Å². The van der Waals surface area contributed by atoms with E-state index in [-0.39, 0.29) is 16.4 Å². The fourth-order valence-corrected chi connectivity index (χ4v) is 2.42. The first kappa shape index (κ1) is 15.2. The Balaban J connectivity index is 2.20. The fourth-order valence-electron chi connectivity index (χ4n) is 1.75. The monoisotopic (exact) mass is 307 g/mol. The number of aromatic nitrogens is 2. The molecular formula is C14H17N3O3S. The molecule has 112 valence electrons. The molecule has 6 nitrogen and oxygen atoms in total. The van der Waals surface area contributed by atoms with E-state index < -0.39 is 15.7 Å². The highest BCUT2D eigenvalue weighted by Gasteiger charge is 2.13. The van der Waals surface area contributed by atoms with Crippen molar-refractivity contribution in [2.75, 3.05) is 11.6 Å². The molecule has 1 heterocycles. The predicted molar refractivity (Wildman–Crippen MR) is 80.2 cm³/mol. The van der Waals surface area contributed by atoms with E-state index >= 15 is 0 Å². The van der Waals surface area contributed by atoms with Gasteiger partial charge in [0.05, 0.1) is 4.90 Å². The molecule has 0 unspecified atom stereocenters. The number of hydrogen-bond donors (Lipinski definition) is 2. The Hall–Kier alpha value is -2.15. The summed E-state index contributed by atoms with van der Waals surface area (Å²) in [6.07, 6.45) is 1.10. The van der Waals surface area contributed by atoms with Crippen molar-refractivity contribution in [1.29, 1.82) is 0 Å². The van der Waals surface area contributed by atoms with Crippen LogP contribution in [0, 0.1) is 0 Å². The number of nitrogens with zero attached hydrogens (tertiary/aromatic N) is 1. The van der Waals surface area contributed by atoms with Crippen LogP contribution in [-0.2, 0) is 9.84 Å². The summed E-state index contributed by atoms with van der Waals surface area (Å²) in [5.74, 6) is 0.285. The zero-order chi connectivity index (χ0) is 15.6. The Labute approximate surface area is 123 Å². The lowest BCUT2D eigenvalue weighted by Gasteiger charge is -2.04. The van der Waals surface area contributed by atoms with Crippen molar-refractivity contribution in [2.45, 2.75) is 24.7 Å². The highest BCUT2D eigenvalue weighted by Crippen LogP contribution is 2.16. The molecule has 0 saturated heterocycles. The van der Waals surface area contributed by atoms with Gasteiger partial charge in [0.15, 0.2) is 15.7 Å². The standard InChI is InChI=1S/C14H17N3O3S/c1-9(2)12-8-13(17-16-12)15-14(18)10-5-4-6-11(7-10)21(3,19)20/h4-9H,1-3H3,(H2,15,16,17,18). The van der Waals surface area contributed by atoms with Crippen LogP contribution in [0.25, 0.3) is 0 Å². The number of H-pyrrole nitrogens is 1. The number of aromatic amines is 1. The molecule has 0 bridgehead atoms. The van der Waals surface area contributed by atoms with Gasteiger partial charge in [0.25, 0.3) is 5.91 Å². The largest absolute Gasteiger partial charge is 0.305 e. The highest BCUT2D eigenvalue weighted by atomic mass is 32.2. The Bertz CT molecular complexity index is 763. The van der Waals surface area contributed by atoms with Gasteiger partial charge in [-0.25, -0.2) is 8.42 Å². The number of nitrogens with one attached hydrogen (secondary N) is 2. The van der Waals surface area contributed by atoms with E-state index in [1.807, 2.05) is 13.8 Å². The smallest absolute Gasteiger partial charge is 0.256 e. The van der Waals surface area contributed by atoms with Gasteiger partial charge in [0, 0.05) is 23.6 Å². The van der Waals surface area contributed by atoms with E-state index in [1.165, 1.54) is 18.2 Å². The first-order chi connectivity index (χ1) is 9.77. The zero-order valence-corrected chi connectivity index (χ0v) is 12.9. The topological polar surface area (TPSA) is 91.9 Å². The number of anilines is 1. The molecule has 1 amide bonds. The predicted octanol–water partition coefficient (Wildman–Crippen LogP) is 2.19. The highest BCUT2D eigenvalue weighted by molar-refractivity contribution is 7.90. The normalized spacial score (nSPS) is 11.6. The molecule has 0 aliphatic rings. The van der Waals surface area contributed by atoms with Crippen LogP contribution in [-0.4, -0.2) is 30.8 Å². The molecule has 0 aliphatic carbocycles. The average molecular weight is 307 g/mol. The minimum absolute atomic E-state index is 0.111. The minimum Gasteiger partial charge on any atom is -0.305 e. The van der Waals surface area contributed by atoms with Gasteiger partial charge in [0.1, 0.15) is 0 Å². The molecule has 7 heteroatoms. The summed E-state index contributed by atoms with van der Waals surface area (Å²) in [4.78, 5) is 12.2. The van der Waals surface area contributed by atoms with E-state index in [2.05, 4.69) is 15.5 Å². The third kappa shape index (κ3) is 3.69. The Morgan fingerprint density at radius 3 is 2.57 bits per heavy atom. The summed E-state index contributed by atoms with van der Waals surface area (Å²) < 4.78 is 23.0. The number of carbonyl (C=O) groups is 1. The second-order valence-corrected chi connectivity index (χ2v) is 7.13. The zero-order valence-electron chi connectivity index (χ0n) is 12.0. The fraction of sp³-hybridized carbons (Fsp3) is 0.286. The van der Waals surface area contributed by atoms with Crippen LogP contribution in [0.1, 0.15) is 35.8 Å². The SMILES string of the molecule is CC(C)c1cc(NC(=O)c2cccc(S(C)(=O)=O)c2)n[nH]1. The Morgan fingerprint density at radius 1 is 1.29 bits per heavy atom. The van der Waals surface area contributed by atoms with Gasteiger partial charge in [-0.15, -0.1) is 0 Å². The number of benzene rings is 1. The van der Waals surface area contributed by atoms with Crippen molar-refractivity contribution in [1.82, 2.24) is 10.2 Å². The molecule has 21 heavy (non-hydrogen) atoms. The van der Waals surface area contributed by atoms with Crippen molar-refractivity contribution in [3.8, 4) is 0 Å². The van der Waals surface area contributed by atoms with Crippen molar-refractivity contribution in [3.05, 3.63) is 41.6 Å². The number of rotatable bonds is 4. The maximum atomic E-state index is 12.1. The number of amides is 1. The van der Waals surface area contributed by atoms with E-state index in [1.54, 1.807) is 12.1 Å². The molecular weight excluding hydrogens is 290 g/mol. The summed E-state index contributed by atoms with van der Waals surface area (Å²) >= 11 is 0. The molecule has 0 spiro atoms. The molecule has 0 aliphatic heterocycles. The Morgan fingerprint density at radius 2 is 2.00 bits per heavy atom. The summed E-state index contributed by atoms with van der Waals surface area (Å²) in [5.41, 5.74) is 1.18. The molecule has 2 aromatic rings. The van der Waals surface area contributed by atoms with Crippen LogP contribution in [0.3, 0.4) is 0 Å². The molecule has 0 atom stereocenters. The third-order valence-corrected chi connectivity index (χ3v) is 4.10. The molecule has 2 rings (SSSR count). The lowest BCUT2D eigenvalue weighted by Crippen LogP contribution is -2.13. The van der Waals surface area contributed by atoms with Crippen molar-refractivity contribution < 1.29 is 13.2 Å². The van der Waals surface area contributed by atoms with Gasteiger partial charge in [-0.3, -0.25) is 9.89 Å². The third-order valence-electron chi connectivity index (χ3n) is 2.99. The van der Waals surface area contributed by atoms with Crippen LogP contribution in [0.4, 0.5) is 5.82 Å². The molecule has 2 N–H and O–H groups in total. The average Bonchev–Trinajstić information content (AvgIpc) is 2.86. The number of carbonyl (C=O) groups excluding carboxylic acids is 1. The second-order valence-electron chi connectivity index (χ2n) is 5.12. The lowest BCUT2D eigenvalue weighted by molar-refractivity contribution is 0.102. The molecule has 1 aromatic heterocycles. The maximum Gasteiger partial charge on any atom is 0.256 e. The lowest BCUT2D eigenvalue weighted by atomic mass is 10.1. The van der Waals surface area contributed by atoms with Gasteiger partial charge < -0.3 is 5.32 Å². The molecule has 0 radical (unpaired) electrons. The molecule has 1 aromatic carbocycles. The summed E-state index contributed by atoms with van der Waals surface area (Å²) in [7, 11) is -3.34. The Kier molecular flexibility index (Phi) is 4.13. The van der Waals surface area contributed by atoms with Crippen LogP contribution in [0.5, 0.6) is 0 Å². The van der Waals surface area contributed by atoms with Crippen LogP contribution < -0.4 is 5.32 Å². The minimum atomic E-state index is -3.34. The van der Waals surface area contributed by atoms with Gasteiger partial charge in [-0.1, -0.05) is 19.9 Å². The van der Waals surface area contributed by atoms with E-state index in [0.29, 0.717) is 5.82 Å². The first-order valence-corrected chi connectivity index (χ1v) is 8.33. The van der Waals surface area contributed by atoms with Crippen molar-refractivity contribution in [2.24, 2.45) is 0 Å².